The van der Waals surface area contributed by atoms with E-state index in [4.69, 9.17) is 5.11 Å². The normalized spacial score (nSPS) is 20.7. The number of carbonyl (C=O) groups is 3. The fourth-order valence-electron chi connectivity index (χ4n) is 3.39. The smallest absolute Gasteiger partial charge is 0.307 e. The van der Waals surface area contributed by atoms with Crippen molar-refractivity contribution < 1.29 is 19.5 Å². The third-order valence-corrected chi connectivity index (χ3v) is 4.86. The molecule has 3 rings (SSSR count). The summed E-state index contributed by atoms with van der Waals surface area (Å²) in [6.45, 7) is 3.29. The molecule has 2 amide bonds. The Kier molecular flexibility index (Phi) is 4.20. The molecule has 1 aliphatic rings. The number of amides is 2. The zero-order valence-electron chi connectivity index (χ0n) is 14.1. The van der Waals surface area contributed by atoms with Crippen LogP contribution in [0.4, 0.5) is 5.69 Å². The fourth-order valence-corrected chi connectivity index (χ4v) is 3.39. The molecule has 130 valence electrons. The Balaban J connectivity index is 1.60. The van der Waals surface area contributed by atoms with Gasteiger partial charge in [-0.05, 0) is 16.9 Å². The second kappa shape index (κ2) is 6.20. The highest BCUT2D eigenvalue weighted by atomic mass is 16.4. The molecule has 6 heteroatoms. The maximum atomic E-state index is 12.2. The van der Waals surface area contributed by atoms with Crippen molar-refractivity contribution in [3.05, 3.63) is 42.5 Å². The van der Waals surface area contributed by atoms with Crippen LogP contribution < -0.4 is 10.6 Å². The van der Waals surface area contributed by atoms with E-state index < -0.39 is 29.1 Å². The van der Waals surface area contributed by atoms with Crippen molar-refractivity contribution in [2.45, 2.75) is 13.8 Å². The Hall–Kier alpha value is -2.89. The van der Waals surface area contributed by atoms with E-state index in [-0.39, 0.29) is 12.5 Å². The van der Waals surface area contributed by atoms with Gasteiger partial charge >= 0.3 is 5.97 Å². The van der Waals surface area contributed by atoms with E-state index in [9.17, 15) is 14.4 Å². The van der Waals surface area contributed by atoms with Crippen molar-refractivity contribution >= 4 is 34.2 Å². The van der Waals surface area contributed by atoms with Crippen LogP contribution in [0.25, 0.3) is 10.8 Å². The molecular weight excluding hydrogens is 320 g/mol. The largest absolute Gasteiger partial charge is 0.481 e. The molecule has 2 aromatic carbocycles. The third-order valence-electron chi connectivity index (χ3n) is 4.86. The van der Waals surface area contributed by atoms with Crippen molar-refractivity contribution in [2.24, 2.45) is 17.3 Å². The number of benzene rings is 2. The second-order valence-electron chi connectivity index (χ2n) is 6.91. The van der Waals surface area contributed by atoms with Gasteiger partial charge in [0.05, 0.1) is 18.4 Å². The van der Waals surface area contributed by atoms with E-state index in [2.05, 4.69) is 10.6 Å². The van der Waals surface area contributed by atoms with Gasteiger partial charge in [0.1, 0.15) is 0 Å². The number of fused-ring (bicyclic) bond motifs is 1. The lowest BCUT2D eigenvalue weighted by Crippen LogP contribution is -2.35. The van der Waals surface area contributed by atoms with Gasteiger partial charge in [0.15, 0.2) is 0 Å². The number of hydrogen-bond donors (Lipinski definition) is 3. The number of carbonyl (C=O) groups excluding carboxylic acids is 2. The summed E-state index contributed by atoms with van der Waals surface area (Å²) in [7, 11) is 0. The molecule has 6 nitrogen and oxygen atoms in total. The molecule has 2 atom stereocenters. The van der Waals surface area contributed by atoms with Gasteiger partial charge in [0, 0.05) is 11.1 Å². The van der Waals surface area contributed by atoms with Gasteiger partial charge in [0.25, 0.3) is 0 Å². The van der Waals surface area contributed by atoms with Crippen LogP contribution in [0.1, 0.15) is 13.8 Å². The Morgan fingerprint density at radius 2 is 1.72 bits per heavy atom. The molecule has 0 heterocycles. The Bertz CT molecular complexity index is 854. The van der Waals surface area contributed by atoms with Gasteiger partial charge in [-0.25, -0.2) is 0 Å². The second-order valence-corrected chi connectivity index (χ2v) is 6.91. The number of aliphatic carboxylic acids is 1. The molecule has 1 saturated carbocycles. The maximum absolute atomic E-state index is 12.2. The molecule has 0 spiro atoms. The summed E-state index contributed by atoms with van der Waals surface area (Å²) in [5.74, 6) is -3.03. The van der Waals surface area contributed by atoms with E-state index in [1.54, 1.807) is 19.9 Å². The molecule has 0 aromatic heterocycles. The molecule has 0 bridgehead atoms. The molecule has 0 aliphatic heterocycles. The highest BCUT2D eigenvalue weighted by molar-refractivity contribution is 6.03. The van der Waals surface area contributed by atoms with Crippen LogP contribution in [0, 0.1) is 17.3 Å². The lowest BCUT2D eigenvalue weighted by molar-refractivity contribution is -0.140. The first kappa shape index (κ1) is 17.0. The molecule has 25 heavy (non-hydrogen) atoms. The molecule has 0 unspecified atom stereocenters. The molecule has 1 aliphatic carbocycles. The van der Waals surface area contributed by atoms with Crippen molar-refractivity contribution in [1.29, 1.82) is 0 Å². The average Bonchev–Trinajstić information content (AvgIpc) is 3.16. The number of anilines is 1. The summed E-state index contributed by atoms with van der Waals surface area (Å²) in [6.07, 6.45) is 0. The first-order valence-corrected chi connectivity index (χ1v) is 8.10. The SMILES string of the molecule is CC1(C)[C@H](C(=O)O)[C@@H]1C(=O)NCC(=O)Nc1cccc2ccccc12. The summed E-state index contributed by atoms with van der Waals surface area (Å²) >= 11 is 0. The number of carboxylic acid groups (broad SMARTS) is 1. The standard InChI is InChI=1S/C19H20N2O4/c1-19(2)15(16(19)18(24)25)17(23)20-10-14(22)21-13-9-5-7-11-6-3-4-8-12(11)13/h3-9,15-16H,10H2,1-2H3,(H,20,23)(H,21,22)(H,24,25)/t15-,16+/m1/s1. The molecule has 0 radical (unpaired) electrons. The van der Waals surface area contributed by atoms with Crippen molar-refractivity contribution in [3.63, 3.8) is 0 Å². The van der Waals surface area contributed by atoms with Gasteiger partial charge in [-0.15, -0.1) is 0 Å². The van der Waals surface area contributed by atoms with Gasteiger partial charge in [-0.2, -0.15) is 0 Å². The Morgan fingerprint density at radius 3 is 2.40 bits per heavy atom. The quantitative estimate of drug-likeness (QED) is 0.778. The summed E-state index contributed by atoms with van der Waals surface area (Å²) in [6, 6.07) is 13.3. The zero-order valence-corrected chi connectivity index (χ0v) is 14.1. The van der Waals surface area contributed by atoms with Gasteiger partial charge in [-0.1, -0.05) is 50.2 Å². The lowest BCUT2D eigenvalue weighted by Gasteiger charge is -2.10. The van der Waals surface area contributed by atoms with E-state index in [1.807, 2.05) is 36.4 Å². The van der Waals surface area contributed by atoms with Crippen LogP contribution in [0.2, 0.25) is 0 Å². The van der Waals surface area contributed by atoms with Gasteiger partial charge in [0.2, 0.25) is 11.8 Å². The Labute approximate surface area is 145 Å². The molecule has 2 aromatic rings. The summed E-state index contributed by atoms with van der Waals surface area (Å²) < 4.78 is 0. The number of rotatable bonds is 5. The highest BCUT2D eigenvalue weighted by Gasteiger charge is 2.65. The first-order valence-electron chi connectivity index (χ1n) is 8.10. The molecular formula is C19H20N2O4. The van der Waals surface area contributed by atoms with Gasteiger partial charge < -0.3 is 15.7 Å². The Morgan fingerprint density at radius 1 is 1.04 bits per heavy atom. The summed E-state index contributed by atoms with van der Waals surface area (Å²) in [5, 5.41) is 16.4. The molecule has 3 N–H and O–H groups in total. The number of hydrogen-bond acceptors (Lipinski definition) is 3. The molecule has 0 saturated heterocycles. The number of nitrogens with one attached hydrogen (secondary N) is 2. The number of carboxylic acids is 1. The van der Waals surface area contributed by atoms with Crippen LogP contribution in [0.3, 0.4) is 0 Å². The van der Waals surface area contributed by atoms with Crippen molar-refractivity contribution in [3.8, 4) is 0 Å². The predicted molar refractivity (Wildman–Crippen MR) is 94.0 cm³/mol. The summed E-state index contributed by atoms with van der Waals surface area (Å²) in [4.78, 5) is 35.4. The third kappa shape index (κ3) is 3.20. The van der Waals surface area contributed by atoms with Crippen LogP contribution in [-0.4, -0.2) is 29.4 Å². The van der Waals surface area contributed by atoms with E-state index in [0.29, 0.717) is 5.69 Å². The van der Waals surface area contributed by atoms with Crippen molar-refractivity contribution in [1.82, 2.24) is 5.32 Å². The topological polar surface area (TPSA) is 95.5 Å². The molecule has 1 fully saturated rings. The van der Waals surface area contributed by atoms with Crippen LogP contribution >= 0.6 is 0 Å². The predicted octanol–water partition coefficient (Wildman–Crippen LogP) is 2.25. The van der Waals surface area contributed by atoms with E-state index in [0.717, 1.165) is 10.8 Å². The van der Waals surface area contributed by atoms with Crippen LogP contribution in [0.15, 0.2) is 42.5 Å². The minimum absolute atomic E-state index is 0.193. The average molecular weight is 340 g/mol. The lowest BCUT2D eigenvalue weighted by atomic mass is 10.1. The zero-order chi connectivity index (χ0) is 18.2. The minimum atomic E-state index is -0.981. The van der Waals surface area contributed by atoms with Gasteiger partial charge in [-0.3, -0.25) is 14.4 Å². The van der Waals surface area contributed by atoms with E-state index in [1.165, 1.54) is 0 Å². The maximum Gasteiger partial charge on any atom is 0.307 e. The summed E-state index contributed by atoms with van der Waals surface area (Å²) in [5.41, 5.74) is 0.0923. The highest BCUT2D eigenvalue weighted by Crippen LogP contribution is 2.58. The monoisotopic (exact) mass is 340 g/mol. The van der Waals surface area contributed by atoms with E-state index >= 15 is 0 Å². The minimum Gasteiger partial charge on any atom is -0.481 e. The van der Waals surface area contributed by atoms with Crippen LogP contribution in [0.5, 0.6) is 0 Å². The van der Waals surface area contributed by atoms with Crippen molar-refractivity contribution in [2.75, 3.05) is 11.9 Å². The van der Waals surface area contributed by atoms with Crippen LogP contribution in [-0.2, 0) is 14.4 Å². The fraction of sp³-hybridized carbons (Fsp3) is 0.316. The first-order chi connectivity index (χ1) is 11.8.